The van der Waals surface area contributed by atoms with Crippen molar-refractivity contribution in [3.05, 3.63) is 90.4 Å². The zero-order valence-corrected chi connectivity index (χ0v) is 23.2. The van der Waals surface area contributed by atoms with E-state index < -0.39 is 0 Å². The van der Waals surface area contributed by atoms with Gasteiger partial charge in [-0.1, -0.05) is 6.07 Å². The second-order valence-corrected chi connectivity index (χ2v) is 9.70. The minimum atomic E-state index is -0.266. The van der Waals surface area contributed by atoms with Crippen LogP contribution in [0.1, 0.15) is 22.5 Å². The molecule has 10 nitrogen and oxygen atoms in total. The van der Waals surface area contributed by atoms with Gasteiger partial charge in [0.05, 0.1) is 32.7 Å². The fourth-order valence-electron chi connectivity index (χ4n) is 4.80. The van der Waals surface area contributed by atoms with Gasteiger partial charge in [0.25, 0.3) is 5.91 Å². The highest BCUT2D eigenvalue weighted by Gasteiger charge is 2.26. The number of furan rings is 1. The van der Waals surface area contributed by atoms with Gasteiger partial charge in [0, 0.05) is 37.3 Å². The van der Waals surface area contributed by atoms with Crippen LogP contribution in [0, 0.1) is 0 Å². The Labute approximate surface area is 239 Å². The SMILES string of the molecule is COc1ccc(-c2ccc(N3CCCN(C(=O)CN(Cc4ccco4)C(=O)c4cccc(OC)c4)CC3)nn2)cc1. The number of methoxy groups -OCH3 is 2. The maximum atomic E-state index is 13.5. The number of nitrogens with zero attached hydrogens (tertiary/aromatic N) is 5. The summed E-state index contributed by atoms with van der Waals surface area (Å²) < 4.78 is 16.0. The number of anilines is 1. The summed E-state index contributed by atoms with van der Waals surface area (Å²) in [6.45, 7) is 2.60. The van der Waals surface area contributed by atoms with Crippen LogP contribution in [-0.4, -0.2) is 78.8 Å². The number of carbonyl (C=O) groups excluding carboxylic acids is 2. The van der Waals surface area contributed by atoms with Gasteiger partial charge in [0.1, 0.15) is 23.8 Å². The molecule has 0 spiro atoms. The summed E-state index contributed by atoms with van der Waals surface area (Å²) in [6, 6.07) is 22.1. The molecule has 3 heterocycles. The summed E-state index contributed by atoms with van der Waals surface area (Å²) in [5.74, 6) is 2.36. The monoisotopic (exact) mass is 555 g/mol. The van der Waals surface area contributed by atoms with Crippen molar-refractivity contribution in [1.29, 1.82) is 0 Å². The number of benzene rings is 2. The Morgan fingerprint density at radius 3 is 2.41 bits per heavy atom. The summed E-state index contributed by atoms with van der Waals surface area (Å²) in [7, 11) is 3.19. The highest BCUT2D eigenvalue weighted by Crippen LogP contribution is 2.22. The molecule has 5 rings (SSSR count). The van der Waals surface area contributed by atoms with Crippen molar-refractivity contribution in [2.24, 2.45) is 0 Å². The van der Waals surface area contributed by atoms with E-state index in [4.69, 9.17) is 13.9 Å². The summed E-state index contributed by atoms with van der Waals surface area (Å²) in [6.07, 6.45) is 2.33. The molecule has 1 fully saturated rings. The summed E-state index contributed by atoms with van der Waals surface area (Å²) in [5, 5.41) is 8.89. The fourth-order valence-corrected chi connectivity index (χ4v) is 4.80. The predicted octanol–water partition coefficient (Wildman–Crippen LogP) is 4.14. The smallest absolute Gasteiger partial charge is 0.254 e. The molecular formula is C31H33N5O5. The van der Waals surface area contributed by atoms with Gasteiger partial charge in [0.2, 0.25) is 5.91 Å². The molecule has 0 N–H and O–H groups in total. The molecule has 0 unspecified atom stereocenters. The van der Waals surface area contributed by atoms with E-state index in [2.05, 4.69) is 15.1 Å². The standard InChI is InChI=1S/C31H33N5O5/c1-39-25-11-9-23(10-12-25)28-13-14-29(33-32-28)34-15-5-16-35(18-17-34)30(37)22-36(21-27-8-4-19-41-27)31(38)24-6-3-7-26(20-24)40-2/h3-4,6-14,19-20H,5,15-18,21-22H2,1-2H3. The molecule has 10 heteroatoms. The molecule has 1 saturated heterocycles. The number of hydrogen-bond donors (Lipinski definition) is 0. The van der Waals surface area contributed by atoms with Crippen LogP contribution in [0.15, 0.2) is 83.5 Å². The lowest BCUT2D eigenvalue weighted by Crippen LogP contribution is -2.44. The Balaban J connectivity index is 1.23. The van der Waals surface area contributed by atoms with Gasteiger partial charge in [-0.05, 0) is 73.2 Å². The van der Waals surface area contributed by atoms with Crippen molar-refractivity contribution >= 4 is 17.6 Å². The van der Waals surface area contributed by atoms with Crippen molar-refractivity contribution in [2.75, 3.05) is 51.8 Å². The Morgan fingerprint density at radius 1 is 0.878 bits per heavy atom. The molecule has 2 amide bonds. The number of aromatic nitrogens is 2. The Morgan fingerprint density at radius 2 is 1.71 bits per heavy atom. The predicted molar refractivity (Wildman–Crippen MR) is 154 cm³/mol. The van der Waals surface area contributed by atoms with Gasteiger partial charge in [0.15, 0.2) is 5.82 Å². The van der Waals surface area contributed by atoms with E-state index >= 15 is 0 Å². The third-order valence-electron chi connectivity index (χ3n) is 7.07. The van der Waals surface area contributed by atoms with E-state index in [0.29, 0.717) is 36.7 Å². The van der Waals surface area contributed by atoms with Crippen LogP contribution in [0.2, 0.25) is 0 Å². The van der Waals surface area contributed by atoms with Crippen LogP contribution in [0.3, 0.4) is 0 Å². The van der Waals surface area contributed by atoms with E-state index in [0.717, 1.165) is 35.8 Å². The third-order valence-corrected chi connectivity index (χ3v) is 7.07. The van der Waals surface area contributed by atoms with Gasteiger partial charge in [-0.25, -0.2) is 0 Å². The average Bonchev–Trinajstić information content (AvgIpc) is 3.41. The molecule has 0 atom stereocenters. The van der Waals surface area contributed by atoms with Crippen LogP contribution < -0.4 is 14.4 Å². The van der Waals surface area contributed by atoms with Crippen LogP contribution in [-0.2, 0) is 11.3 Å². The maximum absolute atomic E-state index is 13.5. The zero-order chi connectivity index (χ0) is 28.6. The first kappa shape index (κ1) is 27.7. The van der Waals surface area contributed by atoms with Crippen molar-refractivity contribution in [2.45, 2.75) is 13.0 Å². The first-order chi connectivity index (χ1) is 20.0. The van der Waals surface area contributed by atoms with Crippen LogP contribution >= 0.6 is 0 Å². The number of amides is 2. The molecule has 0 radical (unpaired) electrons. The topological polar surface area (TPSA) is 101 Å². The van der Waals surface area contributed by atoms with E-state index in [-0.39, 0.29) is 24.9 Å². The molecule has 1 aliphatic rings. The third kappa shape index (κ3) is 6.84. The largest absolute Gasteiger partial charge is 0.497 e. The second-order valence-electron chi connectivity index (χ2n) is 9.70. The normalized spacial score (nSPS) is 13.4. The zero-order valence-electron chi connectivity index (χ0n) is 23.2. The van der Waals surface area contributed by atoms with E-state index in [1.165, 1.54) is 4.90 Å². The quantitative estimate of drug-likeness (QED) is 0.304. The highest BCUT2D eigenvalue weighted by atomic mass is 16.5. The Bertz CT molecular complexity index is 1440. The van der Waals surface area contributed by atoms with Crippen molar-refractivity contribution in [1.82, 2.24) is 20.0 Å². The van der Waals surface area contributed by atoms with Gasteiger partial charge < -0.3 is 28.6 Å². The Kier molecular flexibility index (Phi) is 8.78. The molecule has 212 valence electrons. The van der Waals surface area contributed by atoms with Gasteiger partial charge in [-0.15, -0.1) is 10.2 Å². The number of hydrogen-bond acceptors (Lipinski definition) is 8. The van der Waals surface area contributed by atoms with Crippen LogP contribution in [0.25, 0.3) is 11.3 Å². The maximum Gasteiger partial charge on any atom is 0.254 e. The first-order valence-corrected chi connectivity index (χ1v) is 13.5. The number of carbonyl (C=O) groups is 2. The van der Waals surface area contributed by atoms with E-state index in [1.807, 2.05) is 41.3 Å². The lowest BCUT2D eigenvalue weighted by molar-refractivity contribution is -0.131. The highest BCUT2D eigenvalue weighted by molar-refractivity contribution is 5.96. The van der Waals surface area contributed by atoms with E-state index in [9.17, 15) is 9.59 Å². The number of rotatable bonds is 9. The van der Waals surface area contributed by atoms with Crippen LogP contribution in [0.5, 0.6) is 11.5 Å². The molecule has 41 heavy (non-hydrogen) atoms. The molecule has 0 bridgehead atoms. The van der Waals surface area contributed by atoms with E-state index in [1.54, 1.807) is 56.9 Å². The summed E-state index contributed by atoms with van der Waals surface area (Å²) >= 11 is 0. The summed E-state index contributed by atoms with van der Waals surface area (Å²) in [5.41, 5.74) is 2.18. The van der Waals surface area contributed by atoms with Crippen molar-refractivity contribution < 1.29 is 23.5 Å². The molecular weight excluding hydrogens is 522 g/mol. The minimum Gasteiger partial charge on any atom is -0.497 e. The van der Waals surface area contributed by atoms with Crippen molar-refractivity contribution in [3.8, 4) is 22.8 Å². The fraction of sp³-hybridized carbons (Fsp3) is 0.290. The lowest BCUT2D eigenvalue weighted by Gasteiger charge is -2.27. The van der Waals surface area contributed by atoms with Gasteiger partial charge in [-0.3, -0.25) is 9.59 Å². The molecule has 0 saturated carbocycles. The van der Waals surface area contributed by atoms with Gasteiger partial charge >= 0.3 is 0 Å². The molecule has 4 aromatic rings. The summed E-state index contributed by atoms with van der Waals surface area (Å²) in [4.78, 5) is 32.4. The molecule has 0 aliphatic carbocycles. The van der Waals surface area contributed by atoms with Crippen LogP contribution in [0.4, 0.5) is 5.82 Å². The lowest BCUT2D eigenvalue weighted by atomic mass is 10.1. The second kappa shape index (κ2) is 13.0. The molecule has 1 aliphatic heterocycles. The van der Waals surface area contributed by atoms with Crippen molar-refractivity contribution in [3.63, 3.8) is 0 Å². The van der Waals surface area contributed by atoms with Gasteiger partial charge in [-0.2, -0.15) is 0 Å². The first-order valence-electron chi connectivity index (χ1n) is 13.5. The molecule has 2 aromatic heterocycles. The minimum absolute atomic E-state index is 0.0624. The Hall–Kier alpha value is -4.86. The number of ether oxygens (including phenoxy) is 2. The molecule has 2 aromatic carbocycles. The average molecular weight is 556 g/mol.